The molecule has 5 heteroatoms. The molecule has 0 spiro atoms. The Kier molecular flexibility index (Phi) is 9.17. The number of benzene rings is 2. The fourth-order valence-corrected chi connectivity index (χ4v) is 3.01. The van der Waals surface area contributed by atoms with Crippen LogP contribution < -0.4 is 5.32 Å². The number of nitrogens with zero attached hydrogens (tertiary/aromatic N) is 1. The average Bonchev–Trinajstić information content (AvgIpc) is 2.62. The second kappa shape index (κ2) is 10.8. The number of ether oxygens (including phenoxy) is 1. The van der Waals surface area contributed by atoms with Crippen molar-refractivity contribution < 1.29 is 9.53 Å². The number of amides is 1. The van der Waals surface area contributed by atoms with Gasteiger partial charge in [-0.3, -0.25) is 0 Å². The van der Waals surface area contributed by atoms with Gasteiger partial charge in [0, 0.05) is 6.54 Å². The van der Waals surface area contributed by atoms with Gasteiger partial charge in [-0.05, 0) is 31.6 Å². The highest BCUT2D eigenvalue weighted by atomic mass is 35.5. The molecule has 0 bridgehead atoms. The van der Waals surface area contributed by atoms with Crippen LogP contribution in [0.5, 0.6) is 0 Å². The van der Waals surface area contributed by atoms with Crippen LogP contribution in [0.1, 0.15) is 30.9 Å². The molecule has 0 aliphatic rings. The van der Waals surface area contributed by atoms with Crippen molar-refractivity contribution in [2.75, 3.05) is 27.2 Å². The smallest absolute Gasteiger partial charge is 0.408 e. The number of carbonyl (C=O) groups is 1. The van der Waals surface area contributed by atoms with Gasteiger partial charge < -0.3 is 15.0 Å². The topological polar surface area (TPSA) is 41.6 Å². The third kappa shape index (κ3) is 5.75. The van der Waals surface area contributed by atoms with Gasteiger partial charge in [-0.25, -0.2) is 4.79 Å². The van der Waals surface area contributed by atoms with Crippen LogP contribution in [0.25, 0.3) is 0 Å². The lowest BCUT2D eigenvalue weighted by Crippen LogP contribution is -2.47. The standard InChI is InChI=1S/C21H28N2O2.ClH/c1-4-15-21(18-11-7-5-8-12-18,19-13-9-6-10-14-19)22-20(24)25-17-16-23(2)3;/h5-14H,4,15-17H2,1-3H3,(H,22,24);1H. The highest BCUT2D eigenvalue weighted by Gasteiger charge is 2.35. The Morgan fingerprint density at radius 1 is 1.00 bits per heavy atom. The third-order valence-corrected chi connectivity index (χ3v) is 4.25. The van der Waals surface area contributed by atoms with Gasteiger partial charge in [-0.1, -0.05) is 74.0 Å². The van der Waals surface area contributed by atoms with Crippen molar-refractivity contribution in [3.05, 3.63) is 71.8 Å². The van der Waals surface area contributed by atoms with Crippen LogP contribution >= 0.6 is 12.4 Å². The van der Waals surface area contributed by atoms with Crippen LogP contribution in [-0.4, -0.2) is 38.2 Å². The first-order chi connectivity index (χ1) is 12.1. The summed E-state index contributed by atoms with van der Waals surface area (Å²) in [6.07, 6.45) is 1.34. The first kappa shape index (κ1) is 22.0. The summed E-state index contributed by atoms with van der Waals surface area (Å²) in [4.78, 5) is 14.5. The number of carbonyl (C=O) groups excluding carboxylic acids is 1. The largest absolute Gasteiger partial charge is 0.448 e. The summed E-state index contributed by atoms with van der Waals surface area (Å²) in [6, 6.07) is 20.2. The molecular formula is C21H29ClN2O2. The van der Waals surface area contributed by atoms with Gasteiger partial charge in [0.2, 0.25) is 0 Å². The third-order valence-electron chi connectivity index (χ3n) is 4.25. The lowest BCUT2D eigenvalue weighted by molar-refractivity contribution is 0.126. The molecular weight excluding hydrogens is 348 g/mol. The van der Waals surface area contributed by atoms with Gasteiger partial charge in [-0.15, -0.1) is 12.4 Å². The molecule has 4 nitrogen and oxygen atoms in total. The molecule has 2 rings (SSSR count). The molecule has 0 atom stereocenters. The van der Waals surface area contributed by atoms with Crippen molar-refractivity contribution in [3.8, 4) is 0 Å². The minimum absolute atomic E-state index is 0. The fraction of sp³-hybridized carbons (Fsp3) is 0.381. The summed E-state index contributed by atoms with van der Waals surface area (Å²) in [5, 5.41) is 3.16. The Hall–Kier alpha value is -2.04. The summed E-state index contributed by atoms with van der Waals surface area (Å²) in [5.41, 5.74) is 1.53. The van der Waals surface area contributed by atoms with Crippen LogP contribution in [0.15, 0.2) is 60.7 Å². The SMILES string of the molecule is CCCC(NC(=O)OCCN(C)C)(c1ccccc1)c1ccccc1.Cl. The molecule has 0 aromatic heterocycles. The Bertz CT molecular complexity index is 608. The molecule has 0 radical (unpaired) electrons. The molecule has 142 valence electrons. The summed E-state index contributed by atoms with van der Waals surface area (Å²) in [5.74, 6) is 0. The molecule has 1 N–H and O–H groups in total. The van der Waals surface area contributed by atoms with Gasteiger partial charge in [0.25, 0.3) is 0 Å². The van der Waals surface area contributed by atoms with Crippen molar-refractivity contribution in [1.82, 2.24) is 10.2 Å². The molecule has 0 saturated heterocycles. The second-order valence-corrected chi connectivity index (χ2v) is 6.45. The van der Waals surface area contributed by atoms with Crippen LogP contribution in [0.2, 0.25) is 0 Å². The molecule has 0 fully saturated rings. The fourth-order valence-electron chi connectivity index (χ4n) is 3.01. The molecule has 0 aliphatic heterocycles. The maximum absolute atomic E-state index is 12.5. The van der Waals surface area contributed by atoms with E-state index in [9.17, 15) is 4.79 Å². The van der Waals surface area contributed by atoms with Crippen LogP contribution in [0, 0.1) is 0 Å². The van der Waals surface area contributed by atoms with E-state index in [-0.39, 0.29) is 18.5 Å². The number of alkyl carbamates (subject to hydrolysis) is 1. The van der Waals surface area contributed by atoms with E-state index >= 15 is 0 Å². The van der Waals surface area contributed by atoms with Gasteiger partial charge in [-0.2, -0.15) is 0 Å². The maximum Gasteiger partial charge on any atom is 0.408 e. The zero-order valence-corrected chi connectivity index (χ0v) is 16.6. The lowest BCUT2D eigenvalue weighted by Gasteiger charge is -2.35. The van der Waals surface area contributed by atoms with Gasteiger partial charge in [0.15, 0.2) is 0 Å². The Morgan fingerprint density at radius 2 is 1.50 bits per heavy atom. The zero-order chi connectivity index (χ0) is 18.1. The number of hydrogen-bond donors (Lipinski definition) is 1. The summed E-state index contributed by atoms with van der Waals surface area (Å²) < 4.78 is 5.41. The van der Waals surface area contributed by atoms with Crippen molar-refractivity contribution in [3.63, 3.8) is 0 Å². The van der Waals surface area contributed by atoms with Crippen molar-refractivity contribution in [2.45, 2.75) is 25.3 Å². The molecule has 1 amide bonds. The Balaban J connectivity index is 0.00000338. The van der Waals surface area contributed by atoms with Gasteiger partial charge in [0.05, 0.1) is 5.54 Å². The molecule has 0 aliphatic carbocycles. The van der Waals surface area contributed by atoms with Crippen molar-refractivity contribution >= 4 is 18.5 Å². The quantitative estimate of drug-likeness (QED) is 0.740. The van der Waals surface area contributed by atoms with E-state index in [0.29, 0.717) is 13.2 Å². The number of nitrogens with one attached hydrogen (secondary N) is 1. The first-order valence-corrected chi connectivity index (χ1v) is 8.79. The average molecular weight is 377 g/mol. The molecule has 2 aromatic carbocycles. The first-order valence-electron chi connectivity index (χ1n) is 8.79. The molecule has 0 saturated carbocycles. The van der Waals surface area contributed by atoms with E-state index in [1.54, 1.807) is 0 Å². The number of hydrogen-bond acceptors (Lipinski definition) is 3. The highest BCUT2D eigenvalue weighted by Crippen LogP contribution is 2.34. The van der Waals surface area contributed by atoms with Crippen LogP contribution in [-0.2, 0) is 10.3 Å². The van der Waals surface area contributed by atoms with Crippen LogP contribution in [0.3, 0.4) is 0 Å². The second-order valence-electron chi connectivity index (χ2n) is 6.45. The van der Waals surface area contributed by atoms with Gasteiger partial charge >= 0.3 is 6.09 Å². The highest BCUT2D eigenvalue weighted by molar-refractivity contribution is 5.85. The Labute approximate surface area is 163 Å². The number of halogens is 1. The summed E-state index contributed by atoms with van der Waals surface area (Å²) >= 11 is 0. The van der Waals surface area contributed by atoms with Gasteiger partial charge in [0.1, 0.15) is 6.61 Å². The predicted molar refractivity (Wildman–Crippen MR) is 109 cm³/mol. The van der Waals surface area contributed by atoms with E-state index in [2.05, 4.69) is 36.5 Å². The number of rotatable bonds is 8. The molecule has 2 aromatic rings. The van der Waals surface area contributed by atoms with E-state index in [4.69, 9.17) is 4.74 Å². The summed E-state index contributed by atoms with van der Waals surface area (Å²) in [7, 11) is 3.91. The van der Waals surface area contributed by atoms with Crippen LogP contribution in [0.4, 0.5) is 4.79 Å². The molecule has 26 heavy (non-hydrogen) atoms. The minimum Gasteiger partial charge on any atom is -0.448 e. The predicted octanol–water partition coefficient (Wildman–Crippen LogP) is 4.44. The van der Waals surface area contributed by atoms with E-state index in [0.717, 1.165) is 24.0 Å². The summed E-state index contributed by atoms with van der Waals surface area (Å²) in [6.45, 7) is 3.19. The number of likely N-dealkylation sites (N-methyl/N-ethyl adjacent to an activating group) is 1. The van der Waals surface area contributed by atoms with E-state index in [1.165, 1.54) is 0 Å². The minimum atomic E-state index is -0.591. The monoisotopic (exact) mass is 376 g/mol. The lowest BCUT2D eigenvalue weighted by atomic mass is 9.79. The van der Waals surface area contributed by atoms with Crippen molar-refractivity contribution in [1.29, 1.82) is 0 Å². The normalized spacial score (nSPS) is 10.9. The molecule has 0 unspecified atom stereocenters. The Morgan fingerprint density at radius 3 is 1.92 bits per heavy atom. The van der Waals surface area contributed by atoms with E-state index in [1.807, 2.05) is 55.4 Å². The maximum atomic E-state index is 12.5. The van der Waals surface area contributed by atoms with Crippen molar-refractivity contribution in [2.24, 2.45) is 0 Å². The zero-order valence-electron chi connectivity index (χ0n) is 15.8. The van der Waals surface area contributed by atoms with E-state index < -0.39 is 5.54 Å². The molecule has 0 heterocycles.